The third-order valence-electron chi connectivity index (χ3n) is 6.38. The number of nitriles is 1. The van der Waals surface area contributed by atoms with Crippen LogP contribution in [0.4, 0.5) is 5.69 Å². The molecule has 0 saturated carbocycles. The molecule has 1 amide bonds. The second kappa shape index (κ2) is 8.99. The molecule has 0 unspecified atom stereocenters. The average molecular weight is 468 g/mol. The van der Waals surface area contributed by atoms with Crippen LogP contribution in [0.25, 0.3) is 27.8 Å². The van der Waals surface area contributed by atoms with Crippen molar-refractivity contribution in [2.24, 2.45) is 7.05 Å². The lowest BCUT2D eigenvalue weighted by Crippen LogP contribution is -2.48. The highest BCUT2D eigenvalue weighted by Gasteiger charge is 2.22. The van der Waals surface area contributed by atoms with E-state index in [1.54, 1.807) is 33.6 Å². The van der Waals surface area contributed by atoms with Crippen LogP contribution in [-0.4, -0.2) is 63.5 Å². The van der Waals surface area contributed by atoms with Crippen molar-refractivity contribution in [2.75, 3.05) is 38.2 Å². The highest BCUT2D eigenvalue weighted by molar-refractivity contribution is 5.90. The maximum Gasteiger partial charge on any atom is 0.246 e. The van der Waals surface area contributed by atoms with Gasteiger partial charge in [0.25, 0.3) is 0 Å². The van der Waals surface area contributed by atoms with Crippen molar-refractivity contribution in [2.45, 2.75) is 0 Å². The molecule has 9 nitrogen and oxygen atoms in total. The van der Waals surface area contributed by atoms with E-state index < -0.39 is 0 Å². The Morgan fingerprint density at radius 1 is 1.09 bits per heavy atom. The van der Waals surface area contributed by atoms with Crippen molar-refractivity contribution in [3.63, 3.8) is 0 Å². The zero-order valence-corrected chi connectivity index (χ0v) is 19.7. The molecule has 1 aliphatic rings. The molecule has 4 heterocycles. The molecular weight excluding hydrogens is 442 g/mol. The molecule has 0 aliphatic carbocycles. The summed E-state index contributed by atoms with van der Waals surface area (Å²) in [4.78, 5) is 16.0. The minimum Gasteiger partial charge on any atom is -0.496 e. The van der Waals surface area contributed by atoms with Gasteiger partial charge in [-0.1, -0.05) is 6.58 Å². The van der Waals surface area contributed by atoms with E-state index in [0.717, 1.165) is 46.5 Å². The quantitative estimate of drug-likeness (QED) is 0.419. The molecule has 9 heteroatoms. The largest absolute Gasteiger partial charge is 0.496 e. The molecule has 3 aromatic heterocycles. The molecule has 176 valence electrons. The molecule has 1 aromatic carbocycles. The Balaban J connectivity index is 1.57. The summed E-state index contributed by atoms with van der Waals surface area (Å²) in [5.74, 6) is 0.659. The van der Waals surface area contributed by atoms with E-state index in [1.165, 1.54) is 6.08 Å². The molecule has 35 heavy (non-hydrogen) atoms. The van der Waals surface area contributed by atoms with Crippen LogP contribution in [0.1, 0.15) is 5.56 Å². The fourth-order valence-corrected chi connectivity index (χ4v) is 4.55. The maximum atomic E-state index is 11.9. The lowest BCUT2D eigenvalue weighted by atomic mass is 9.98. The first-order valence-corrected chi connectivity index (χ1v) is 11.3. The van der Waals surface area contributed by atoms with Gasteiger partial charge in [-0.25, -0.2) is 4.52 Å². The predicted octanol–water partition coefficient (Wildman–Crippen LogP) is 3.12. The predicted molar refractivity (Wildman–Crippen MR) is 133 cm³/mol. The molecule has 1 saturated heterocycles. The summed E-state index contributed by atoms with van der Waals surface area (Å²) in [6.45, 7) is 6.32. The minimum atomic E-state index is -0.0378. The van der Waals surface area contributed by atoms with E-state index in [4.69, 9.17) is 4.74 Å². The van der Waals surface area contributed by atoms with Gasteiger partial charge in [-0.15, -0.1) is 0 Å². The van der Waals surface area contributed by atoms with Gasteiger partial charge in [0.1, 0.15) is 11.8 Å². The van der Waals surface area contributed by atoms with Crippen LogP contribution in [-0.2, 0) is 11.8 Å². The maximum absolute atomic E-state index is 11.9. The number of carbonyl (C=O) groups is 1. The second-order valence-corrected chi connectivity index (χ2v) is 8.41. The normalized spacial score (nSPS) is 13.6. The number of ether oxygens (including phenoxy) is 1. The van der Waals surface area contributed by atoms with Gasteiger partial charge in [0.2, 0.25) is 5.91 Å². The Bertz CT molecular complexity index is 1470. The SMILES string of the molecule is C=CC(=O)N1CCN(c2ccc(-c3cc(-c4cnn(C)c4)cn4ncc(C#N)c34)c(OC)c2)CC1. The standard InChI is InChI=1S/C26H25N7O2/c1-4-25(34)32-9-7-31(8-10-32)21-5-6-22(24(12-21)35-3)23-11-18(20-15-28-30(2)16-20)17-33-26(23)19(13-27)14-29-33/h4-6,11-12,14-17H,1,7-10H2,2-3H3. The number of nitrogens with zero attached hydrogens (tertiary/aromatic N) is 7. The summed E-state index contributed by atoms with van der Waals surface area (Å²) in [6.07, 6.45) is 8.59. The molecule has 0 spiro atoms. The second-order valence-electron chi connectivity index (χ2n) is 8.41. The van der Waals surface area contributed by atoms with E-state index in [1.807, 2.05) is 37.6 Å². The number of hydrogen-bond donors (Lipinski definition) is 0. The number of hydrogen-bond acceptors (Lipinski definition) is 6. The number of fused-ring (bicyclic) bond motifs is 1. The van der Waals surface area contributed by atoms with Crippen molar-refractivity contribution >= 4 is 17.1 Å². The number of aryl methyl sites for hydroxylation is 1. The number of piperazine rings is 1. The smallest absolute Gasteiger partial charge is 0.246 e. The topological polar surface area (TPSA) is 91.7 Å². The van der Waals surface area contributed by atoms with Crippen LogP contribution in [0.15, 0.2) is 61.7 Å². The zero-order valence-electron chi connectivity index (χ0n) is 19.7. The van der Waals surface area contributed by atoms with Crippen LogP contribution in [0.2, 0.25) is 0 Å². The summed E-state index contributed by atoms with van der Waals surface area (Å²) in [5.41, 5.74) is 5.84. The number of aromatic nitrogens is 4. The molecule has 1 fully saturated rings. The zero-order chi connectivity index (χ0) is 24.5. The lowest BCUT2D eigenvalue weighted by Gasteiger charge is -2.35. The van der Waals surface area contributed by atoms with Crippen LogP contribution in [0.3, 0.4) is 0 Å². The van der Waals surface area contributed by atoms with Crippen LogP contribution >= 0.6 is 0 Å². The molecule has 0 bridgehead atoms. The van der Waals surface area contributed by atoms with Crippen molar-refractivity contribution < 1.29 is 9.53 Å². The van der Waals surface area contributed by atoms with Crippen molar-refractivity contribution in [1.82, 2.24) is 24.3 Å². The monoisotopic (exact) mass is 467 g/mol. The summed E-state index contributed by atoms with van der Waals surface area (Å²) < 4.78 is 9.31. The van der Waals surface area contributed by atoms with E-state index in [-0.39, 0.29) is 5.91 Å². The first kappa shape index (κ1) is 22.2. The van der Waals surface area contributed by atoms with Gasteiger partial charge in [-0.05, 0) is 24.3 Å². The average Bonchev–Trinajstić information content (AvgIpc) is 3.53. The van der Waals surface area contributed by atoms with Crippen LogP contribution in [0, 0.1) is 11.3 Å². The van der Waals surface area contributed by atoms with Gasteiger partial charge in [-0.2, -0.15) is 15.5 Å². The Kier molecular flexibility index (Phi) is 5.71. The Hall–Kier alpha value is -4.58. The molecule has 0 radical (unpaired) electrons. The number of rotatable bonds is 5. The fraction of sp³-hybridized carbons (Fsp3) is 0.231. The summed E-state index contributed by atoms with van der Waals surface area (Å²) in [5, 5.41) is 18.4. The third-order valence-corrected chi connectivity index (χ3v) is 6.38. The molecule has 4 aromatic rings. The first-order chi connectivity index (χ1) is 17.0. The molecular formula is C26H25N7O2. The highest BCUT2D eigenvalue weighted by atomic mass is 16.5. The molecule has 1 aliphatic heterocycles. The lowest BCUT2D eigenvalue weighted by molar-refractivity contribution is -0.126. The Labute approximate surface area is 203 Å². The van der Waals surface area contributed by atoms with Crippen LogP contribution in [0.5, 0.6) is 5.75 Å². The summed E-state index contributed by atoms with van der Waals surface area (Å²) in [6, 6.07) is 10.4. The summed E-state index contributed by atoms with van der Waals surface area (Å²) >= 11 is 0. The number of methoxy groups -OCH3 is 1. The third kappa shape index (κ3) is 3.99. The fourth-order valence-electron chi connectivity index (χ4n) is 4.55. The van der Waals surface area contributed by atoms with E-state index in [0.29, 0.717) is 24.4 Å². The van der Waals surface area contributed by atoms with E-state index in [2.05, 4.69) is 33.8 Å². The van der Waals surface area contributed by atoms with Gasteiger partial charge in [0.05, 0.1) is 30.6 Å². The Morgan fingerprint density at radius 3 is 2.54 bits per heavy atom. The highest BCUT2D eigenvalue weighted by Crippen LogP contribution is 2.39. The molecule has 5 rings (SSSR count). The van der Waals surface area contributed by atoms with Crippen molar-refractivity contribution in [1.29, 1.82) is 5.26 Å². The number of pyridine rings is 1. The number of anilines is 1. The van der Waals surface area contributed by atoms with Gasteiger partial charge in [0.15, 0.2) is 0 Å². The molecule has 0 N–H and O–H groups in total. The van der Waals surface area contributed by atoms with E-state index >= 15 is 0 Å². The van der Waals surface area contributed by atoms with Gasteiger partial charge >= 0.3 is 0 Å². The van der Waals surface area contributed by atoms with Crippen molar-refractivity contribution in [3.05, 3.63) is 67.3 Å². The molecule has 0 atom stereocenters. The minimum absolute atomic E-state index is 0.0378. The van der Waals surface area contributed by atoms with Gasteiger partial charge < -0.3 is 14.5 Å². The summed E-state index contributed by atoms with van der Waals surface area (Å²) in [7, 11) is 3.52. The Morgan fingerprint density at radius 2 is 1.89 bits per heavy atom. The van der Waals surface area contributed by atoms with Gasteiger partial charge in [-0.3, -0.25) is 9.48 Å². The van der Waals surface area contributed by atoms with E-state index in [9.17, 15) is 10.1 Å². The number of amides is 1. The number of carbonyl (C=O) groups excluding carboxylic acids is 1. The first-order valence-electron chi connectivity index (χ1n) is 11.3. The van der Waals surface area contributed by atoms with Crippen molar-refractivity contribution in [3.8, 4) is 34.1 Å². The van der Waals surface area contributed by atoms with Crippen LogP contribution < -0.4 is 9.64 Å². The van der Waals surface area contributed by atoms with Gasteiger partial charge in [0, 0.05) is 79.6 Å². The number of benzene rings is 1.